The Hall–Kier alpha value is 0.220. The summed E-state index contributed by atoms with van der Waals surface area (Å²) >= 11 is 15.4. The van der Waals surface area contributed by atoms with Crippen LogP contribution in [0.5, 0.6) is 0 Å². The monoisotopic (exact) mass is 266 g/mol. The number of aliphatic hydroxyl groups is 3. The quantitative estimate of drug-likeness (QED) is 0.389. The molecule has 0 bridgehead atoms. The molecule has 0 radical (unpaired) electrons. The summed E-state index contributed by atoms with van der Waals surface area (Å²) in [6.45, 7) is 1.44. The molecule has 0 aromatic heterocycles. The highest BCUT2D eigenvalue weighted by Crippen LogP contribution is 2.29. The van der Waals surface area contributed by atoms with Gasteiger partial charge >= 0.3 is 11.9 Å². The van der Waals surface area contributed by atoms with Crippen molar-refractivity contribution in [2.45, 2.75) is 29.2 Å². The summed E-state index contributed by atoms with van der Waals surface area (Å²) in [4.78, 5) is 10.9. The predicted octanol–water partition coefficient (Wildman–Crippen LogP) is 0.309. The van der Waals surface area contributed by atoms with Crippen molar-refractivity contribution in [3.05, 3.63) is 0 Å². The molecule has 14 heavy (non-hydrogen) atoms. The van der Waals surface area contributed by atoms with Gasteiger partial charge in [0.15, 0.2) is 6.10 Å². The molecule has 0 fully saturated rings. The predicted molar refractivity (Wildman–Crippen MR) is 49.8 cm³/mol. The molecule has 0 heterocycles. The SMILES string of the molecule is CCC(OC(=O)C(Cl)(Cl)Cl)C(O)(O)O. The molecule has 5 nitrogen and oxygen atoms in total. The molecule has 0 aliphatic carbocycles. The van der Waals surface area contributed by atoms with Gasteiger partial charge in [-0.15, -0.1) is 0 Å². The number of esters is 1. The van der Waals surface area contributed by atoms with Crippen LogP contribution < -0.4 is 0 Å². The van der Waals surface area contributed by atoms with Gasteiger partial charge in [0.25, 0.3) is 3.79 Å². The zero-order valence-corrected chi connectivity index (χ0v) is 9.34. The van der Waals surface area contributed by atoms with E-state index in [1.807, 2.05) is 0 Å². The van der Waals surface area contributed by atoms with E-state index in [9.17, 15) is 4.79 Å². The van der Waals surface area contributed by atoms with Gasteiger partial charge in [-0.25, -0.2) is 4.79 Å². The fourth-order valence-corrected chi connectivity index (χ4v) is 0.766. The third-order valence-corrected chi connectivity index (χ3v) is 1.75. The molecule has 0 spiro atoms. The lowest BCUT2D eigenvalue weighted by Crippen LogP contribution is -2.45. The van der Waals surface area contributed by atoms with E-state index in [0.29, 0.717) is 0 Å². The van der Waals surface area contributed by atoms with Crippen LogP contribution in [0.15, 0.2) is 0 Å². The van der Waals surface area contributed by atoms with Gasteiger partial charge in [-0.05, 0) is 6.42 Å². The van der Waals surface area contributed by atoms with Crippen LogP contribution in [0.3, 0.4) is 0 Å². The zero-order valence-electron chi connectivity index (χ0n) is 7.08. The van der Waals surface area contributed by atoms with Gasteiger partial charge < -0.3 is 20.1 Å². The molecule has 0 aromatic carbocycles. The Labute approximate surface area is 95.1 Å². The van der Waals surface area contributed by atoms with Crippen LogP contribution in [-0.2, 0) is 9.53 Å². The topological polar surface area (TPSA) is 87.0 Å². The van der Waals surface area contributed by atoms with E-state index < -0.39 is 21.8 Å². The first-order valence-corrected chi connectivity index (χ1v) is 4.67. The first kappa shape index (κ1) is 14.2. The molecule has 0 amide bonds. The molecular weight excluding hydrogens is 258 g/mol. The summed E-state index contributed by atoms with van der Waals surface area (Å²) in [7, 11) is 0. The van der Waals surface area contributed by atoms with E-state index in [1.54, 1.807) is 0 Å². The van der Waals surface area contributed by atoms with Crippen molar-refractivity contribution in [1.82, 2.24) is 0 Å². The minimum atomic E-state index is -3.15. The van der Waals surface area contributed by atoms with Crippen molar-refractivity contribution in [1.29, 1.82) is 0 Å². The normalized spacial score (nSPS) is 15.1. The second kappa shape index (κ2) is 4.83. The minimum Gasteiger partial charge on any atom is -0.451 e. The second-order valence-corrected chi connectivity index (χ2v) is 4.77. The summed E-state index contributed by atoms with van der Waals surface area (Å²) in [6.07, 6.45) is -1.64. The highest BCUT2D eigenvalue weighted by molar-refractivity contribution is 6.75. The van der Waals surface area contributed by atoms with Crippen molar-refractivity contribution in [3.63, 3.8) is 0 Å². The molecule has 1 unspecified atom stereocenters. The fraction of sp³-hybridized carbons (Fsp3) is 0.833. The van der Waals surface area contributed by atoms with Crippen LogP contribution in [0.25, 0.3) is 0 Å². The highest BCUT2D eigenvalue weighted by atomic mass is 35.6. The van der Waals surface area contributed by atoms with Crippen LogP contribution >= 0.6 is 34.8 Å². The summed E-state index contributed by atoms with van der Waals surface area (Å²) in [6, 6.07) is 0. The molecule has 0 aliphatic rings. The molecule has 0 aromatic rings. The maximum atomic E-state index is 10.9. The Balaban J connectivity index is 4.43. The Morgan fingerprint density at radius 1 is 1.36 bits per heavy atom. The number of hydrogen-bond donors (Lipinski definition) is 3. The van der Waals surface area contributed by atoms with Crippen molar-refractivity contribution < 1.29 is 24.9 Å². The largest absolute Gasteiger partial charge is 0.451 e. The summed E-state index contributed by atoms with van der Waals surface area (Å²) in [5.74, 6) is -4.45. The molecule has 0 rings (SSSR count). The van der Waals surface area contributed by atoms with Gasteiger partial charge in [0.1, 0.15) is 0 Å². The number of carbonyl (C=O) groups excluding carboxylic acids is 1. The summed E-state index contributed by atoms with van der Waals surface area (Å²) < 4.78 is 2.02. The smallest absolute Gasteiger partial charge is 0.359 e. The Kier molecular flexibility index (Phi) is 4.90. The van der Waals surface area contributed by atoms with Crippen molar-refractivity contribution in [2.75, 3.05) is 0 Å². The van der Waals surface area contributed by atoms with E-state index in [1.165, 1.54) is 6.92 Å². The summed E-state index contributed by atoms with van der Waals surface area (Å²) in [5.41, 5.74) is 0. The van der Waals surface area contributed by atoms with E-state index >= 15 is 0 Å². The zero-order chi connectivity index (χ0) is 11.6. The van der Waals surface area contributed by atoms with Crippen molar-refractivity contribution in [2.24, 2.45) is 0 Å². The molecular formula is C6H9Cl3O5. The van der Waals surface area contributed by atoms with E-state index in [4.69, 9.17) is 50.1 Å². The van der Waals surface area contributed by atoms with Gasteiger partial charge in [-0.3, -0.25) is 0 Å². The fourth-order valence-electron chi connectivity index (χ4n) is 0.632. The maximum Gasteiger partial charge on any atom is 0.359 e. The molecule has 84 valence electrons. The van der Waals surface area contributed by atoms with Gasteiger partial charge in [0, 0.05) is 0 Å². The van der Waals surface area contributed by atoms with Gasteiger partial charge in [-0.1, -0.05) is 41.7 Å². The standard InChI is InChI=1S/C6H9Cl3O5/c1-2-3(6(11,12)13)14-4(10)5(7,8)9/h3,11-13H,2H2,1H3. The van der Waals surface area contributed by atoms with Crippen molar-refractivity contribution in [3.8, 4) is 0 Å². The Bertz CT molecular complexity index is 206. The van der Waals surface area contributed by atoms with Crippen molar-refractivity contribution >= 4 is 40.8 Å². The first-order chi connectivity index (χ1) is 6.09. The highest BCUT2D eigenvalue weighted by Gasteiger charge is 2.40. The number of ether oxygens (including phenoxy) is 1. The molecule has 0 saturated carbocycles. The van der Waals surface area contributed by atoms with Gasteiger partial charge in [-0.2, -0.15) is 0 Å². The van der Waals surface area contributed by atoms with Gasteiger partial charge in [0.05, 0.1) is 0 Å². The Morgan fingerprint density at radius 2 is 1.79 bits per heavy atom. The number of rotatable bonds is 3. The molecule has 0 saturated heterocycles. The van der Waals surface area contributed by atoms with E-state index in [0.717, 1.165) is 0 Å². The number of alkyl halides is 3. The van der Waals surface area contributed by atoms with E-state index in [2.05, 4.69) is 4.74 Å². The molecule has 0 aliphatic heterocycles. The average molecular weight is 267 g/mol. The lowest BCUT2D eigenvalue weighted by Gasteiger charge is -2.25. The third kappa shape index (κ3) is 4.63. The van der Waals surface area contributed by atoms with Gasteiger partial charge in [0.2, 0.25) is 0 Å². The number of hydrogen-bond acceptors (Lipinski definition) is 5. The maximum absolute atomic E-state index is 10.9. The van der Waals surface area contributed by atoms with Crippen LogP contribution in [-0.4, -0.2) is 37.2 Å². The van der Waals surface area contributed by atoms with Crippen LogP contribution in [0.1, 0.15) is 13.3 Å². The first-order valence-electron chi connectivity index (χ1n) is 3.54. The van der Waals surface area contributed by atoms with E-state index in [-0.39, 0.29) is 6.42 Å². The molecule has 3 N–H and O–H groups in total. The van der Waals surface area contributed by atoms with Crippen LogP contribution in [0.2, 0.25) is 0 Å². The second-order valence-electron chi connectivity index (χ2n) is 2.49. The number of carbonyl (C=O) groups is 1. The molecule has 1 atom stereocenters. The number of halogens is 3. The van der Waals surface area contributed by atoms with Crippen LogP contribution in [0, 0.1) is 0 Å². The molecule has 8 heteroatoms. The minimum absolute atomic E-state index is 0.0595. The average Bonchev–Trinajstić information content (AvgIpc) is 1.95. The van der Waals surface area contributed by atoms with Crippen LogP contribution in [0.4, 0.5) is 0 Å². The third-order valence-electron chi connectivity index (χ3n) is 1.28. The summed E-state index contributed by atoms with van der Waals surface area (Å²) in [5, 5.41) is 26.1. The lowest BCUT2D eigenvalue weighted by atomic mass is 10.2. The Morgan fingerprint density at radius 3 is 2.00 bits per heavy atom. The lowest BCUT2D eigenvalue weighted by molar-refractivity contribution is -0.355.